The number of hydrogen-bond acceptors (Lipinski definition) is 6. The van der Waals surface area contributed by atoms with Gasteiger partial charge in [0.1, 0.15) is 5.76 Å². The van der Waals surface area contributed by atoms with Crippen LogP contribution < -0.4 is 10.1 Å². The minimum atomic E-state index is -0.137. The van der Waals surface area contributed by atoms with E-state index >= 15 is 0 Å². The fourth-order valence-corrected chi connectivity index (χ4v) is 3.50. The molecule has 0 aliphatic heterocycles. The van der Waals surface area contributed by atoms with E-state index in [-0.39, 0.29) is 5.91 Å². The third-order valence-corrected chi connectivity index (χ3v) is 5.01. The molecule has 2 heterocycles. The van der Waals surface area contributed by atoms with Crippen molar-refractivity contribution in [2.45, 2.75) is 37.5 Å². The minimum Gasteiger partial charge on any atom is -0.477 e. The van der Waals surface area contributed by atoms with Gasteiger partial charge in [-0.1, -0.05) is 30.3 Å². The van der Waals surface area contributed by atoms with Gasteiger partial charge < -0.3 is 14.6 Å². The van der Waals surface area contributed by atoms with Gasteiger partial charge in [-0.25, -0.2) is 4.98 Å². The van der Waals surface area contributed by atoms with Gasteiger partial charge in [-0.3, -0.25) is 4.79 Å². The van der Waals surface area contributed by atoms with Gasteiger partial charge in [-0.05, 0) is 31.5 Å². The molecular weight excluding hydrogens is 374 g/mol. The third-order valence-electron chi connectivity index (χ3n) is 3.91. The average molecular weight is 398 g/mol. The van der Waals surface area contributed by atoms with Crippen molar-refractivity contribution in [1.82, 2.24) is 15.5 Å². The molecule has 0 aliphatic rings. The second-order valence-corrected chi connectivity index (χ2v) is 7.24. The van der Waals surface area contributed by atoms with Crippen molar-refractivity contribution in [2.75, 3.05) is 6.61 Å². The zero-order valence-electron chi connectivity index (χ0n) is 16.0. The first kappa shape index (κ1) is 19.9. The van der Waals surface area contributed by atoms with Crippen LogP contribution in [0, 0.1) is 6.92 Å². The van der Waals surface area contributed by atoms with Gasteiger partial charge in [0.05, 0.1) is 23.6 Å². The highest BCUT2D eigenvalue weighted by atomic mass is 32.2. The summed E-state index contributed by atoms with van der Waals surface area (Å²) in [5.74, 6) is 1.82. The first-order valence-corrected chi connectivity index (χ1v) is 10.1. The van der Waals surface area contributed by atoms with Crippen molar-refractivity contribution < 1.29 is 14.1 Å². The predicted octanol–water partition coefficient (Wildman–Crippen LogP) is 4.39. The molecule has 0 aliphatic carbocycles. The Morgan fingerprint density at radius 2 is 2.11 bits per heavy atom. The molecule has 3 aromatic rings. The maximum atomic E-state index is 12.8. The van der Waals surface area contributed by atoms with Crippen LogP contribution in [0.4, 0.5) is 0 Å². The number of amides is 1. The largest absolute Gasteiger partial charge is 0.477 e. The first-order chi connectivity index (χ1) is 13.7. The molecule has 1 aromatic carbocycles. The summed E-state index contributed by atoms with van der Waals surface area (Å²) in [6.45, 7) is 4.87. The highest BCUT2D eigenvalue weighted by Gasteiger charge is 2.13. The lowest BCUT2D eigenvalue weighted by Gasteiger charge is -2.12. The van der Waals surface area contributed by atoms with Crippen LogP contribution >= 0.6 is 11.8 Å². The Labute approximate surface area is 168 Å². The number of pyridine rings is 1. The Bertz CT molecular complexity index is 927. The van der Waals surface area contributed by atoms with E-state index in [4.69, 9.17) is 9.26 Å². The Hall–Kier alpha value is -2.80. The van der Waals surface area contributed by atoms with Crippen molar-refractivity contribution in [3.63, 3.8) is 0 Å². The molecule has 0 radical (unpaired) electrons. The van der Waals surface area contributed by atoms with E-state index in [1.165, 1.54) is 0 Å². The predicted molar refractivity (Wildman–Crippen MR) is 108 cm³/mol. The zero-order chi connectivity index (χ0) is 19.8. The number of benzene rings is 1. The smallest absolute Gasteiger partial charge is 0.252 e. The summed E-state index contributed by atoms with van der Waals surface area (Å²) in [4.78, 5) is 17.9. The van der Waals surface area contributed by atoms with Crippen LogP contribution in [0.15, 0.2) is 58.1 Å². The molecule has 28 heavy (non-hydrogen) atoms. The molecule has 7 heteroatoms. The number of ether oxygens (including phenoxy) is 1. The summed E-state index contributed by atoms with van der Waals surface area (Å²) < 4.78 is 10.9. The maximum absolute atomic E-state index is 12.8. The summed E-state index contributed by atoms with van der Waals surface area (Å²) in [6, 6.07) is 13.2. The van der Waals surface area contributed by atoms with E-state index in [0.29, 0.717) is 30.3 Å². The van der Waals surface area contributed by atoms with Crippen LogP contribution in [0.2, 0.25) is 0 Å². The molecule has 0 spiro atoms. The Morgan fingerprint density at radius 3 is 2.89 bits per heavy atom. The molecule has 1 N–H and O–H groups in total. The summed E-state index contributed by atoms with van der Waals surface area (Å²) in [5.41, 5.74) is 2.33. The number of rotatable bonds is 9. The molecule has 2 aromatic heterocycles. The lowest BCUT2D eigenvalue weighted by Crippen LogP contribution is -2.24. The molecule has 0 unspecified atom stereocenters. The van der Waals surface area contributed by atoms with Crippen molar-refractivity contribution in [1.29, 1.82) is 0 Å². The summed E-state index contributed by atoms with van der Waals surface area (Å²) in [6.07, 6.45) is 2.59. The molecular formula is C21H23N3O3S. The van der Waals surface area contributed by atoms with Crippen LogP contribution in [0.1, 0.15) is 40.7 Å². The number of carbonyl (C=O) groups is 1. The van der Waals surface area contributed by atoms with E-state index < -0.39 is 0 Å². The third kappa shape index (κ3) is 5.36. The second kappa shape index (κ2) is 9.94. The van der Waals surface area contributed by atoms with Gasteiger partial charge in [-0.15, -0.1) is 11.8 Å². The Kier molecular flexibility index (Phi) is 7.08. The fraction of sp³-hybridized carbons (Fsp3) is 0.286. The maximum Gasteiger partial charge on any atom is 0.252 e. The van der Waals surface area contributed by atoms with Gasteiger partial charge in [0, 0.05) is 29.3 Å². The van der Waals surface area contributed by atoms with E-state index in [0.717, 1.165) is 28.3 Å². The van der Waals surface area contributed by atoms with Crippen molar-refractivity contribution >= 4 is 17.7 Å². The van der Waals surface area contributed by atoms with Crippen LogP contribution in [0.3, 0.4) is 0 Å². The van der Waals surface area contributed by atoms with Gasteiger partial charge in [0.15, 0.2) is 0 Å². The number of carbonyl (C=O) groups excluding carboxylic acids is 1. The highest BCUT2D eigenvalue weighted by Crippen LogP contribution is 2.26. The molecule has 146 valence electrons. The second-order valence-electron chi connectivity index (χ2n) is 6.22. The van der Waals surface area contributed by atoms with Crippen LogP contribution in [0.25, 0.3) is 0 Å². The number of nitrogens with one attached hydrogen (secondary N) is 1. The first-order valence-electron chi connectivity index (χ1n) is 9.16. The standard InChI is InChI=1S/C21H23N3O3S/c1-3-11-26-21-16(7-6-10-22-21)13-23-20(25)18-8-4-5-9-19(18)28-14-17-12-15(2)24-27-17/h4-10,12H,3,11,13-14H2,1-2H3,(H,23,25). The topological polar surface area (TPSA) is 77.2 Å². The lowest BCUT2D eigenvalue weighted by atomic mass is 10.2. The minimum absolute atomic E-state index is 0.137. The van der Waals surface area contributed by atoms with Gasteiger partial charge >= 0.3 is 0 Å². The molecule has 0 saturated heterocycles. The summed E-state index contributed by atoms with van der Waals surface area (Å²) in [5, 5.41) is 6.86. The zero-order valence-corrected chi connectivity index (χ0v) is 16.8. The lowest BCUT2D eigenvalue weighted by molar-refractivity contribution is 0.0947. The number of thioether (sulfide) groups is 1. The molecule has 0 fully saturated rings. The average Bonchev–Trinajstić information content (AvgIpc) is 3.15. The summed E-state index contributed by atoms with van der Waals surface area (Å²) >= 11 is 1.55. The normalized spacial score (nSPS) is 10.6. The number of aryl methyl sites for hydroxylation is 1. The van der Waals surface area contributed by atoms with Crippen molar-refractivity contribution in [2.24, 2.45) is 0 Å². The van der Waals surface area contributed by atoms with Crippen LogP contribution in [-0.2, 0) is 12.3 Å². The van der Waals surface area contributed by atoms with Crippen LogP contribution in [-0.4, -0.2) is 22.7 Å². The van der Waals surface area contributed by atoms with Gasteiger partial charge in [-0.2, -0.15) is 0 Å². The SMILES string of the molecule is CCCOc1ncccc1CNC(=O)c1ccccc1SCc1cc(C)no1. The number of nitrogens with zero attached hydrogens (tertiary/aromatic N) is 2. The highest BCUT2D eigenvalue weighted by molar-refractivity contribution is 7.98. The van der Waals surface area contributed by atoms with E-state index in [9.17, 15) is 4.79 Å². The fourth-order valence-electron chi connectivity index (χ4n) is 2.57. The number of aromatic nitrogens is 2. The molecule has 1 amide bonds. The molecule has 3 rings (SSSR count). The van der Waals surface area contributed by atoms with E-state index in [2.05, 4.69) is 15.5 Å². The van der Waals surface area contributed by atoms with Crippen LogP contribution in [0.5, 0.6) is 5.88 Å². The van der Waals surface area contributed by atoms with E-state index in [1.807, 2.05) is 56.3 Å². The Balaban J connectivity index is 1.65. The quantitative estimate of drug-likeness (QED) is 0.540. The monoisotopic (exact) mass is 397 g/mol. The number of hydrogen-bond donors (Lipinski definition) is 1. The Morgan fingerprint density at radius 1 is 1.25 bits per heavy atom. The molecule has 6 nitrogen and oxygen atoms in total. The van der Waals surface area contributed by atoms with Gasteiger partial charge in [0.2, 0.25) is 5.88 Å². The van der Waals surface area contributed by atoms with Crippen molar-refractivity contribution in [3.05, 3.63) is 71.2 Å². The summed E-state index contributed by atoms with van der Waals surface area (Å²) in [7, 11) is 0. The molecule has 0 bridgehead atoms. The molecule has 0 atom stereocenters. The van der Waals surface area contributed by atoms with Gasteiger partial charge in [0.25, 0.3) is 5.91 Å². The molecule has 0 saturated carbocycles. The van der Waals surface area contributed by atoms with Crippen molar-refractivity contribution in [3.8, 4) is 5.88 Å². The van der Waals surface area contributed by atoms with E-state index in [1.54, 1.807) is 18.0 Å².